The van der Waals surface area contributed by atoms with Crippen molar-refractivity contribution in [3.05, 3.63) is 58.8 Å². The Morgan fingerprint density at radius 1 is 1.19 bits per heavy atom. The highest BCUT2D eigenvalue weighted by atomic mass is 79.9. The van der Waals surface area contributed by atoms with Crippen LogP contribution in [-0.2, 0) is 11.3 Å². The first-order valence-electron chi connectivity index (χ1n) is 7.94. The van der Waals surface area contributed by atoms with E-state index in [2.05, 4.69) is 31.4 Å². The van der Waals surface area contributed by atoms with Gasteiger partial charge in [0.1, 0.15) is 5.82 Å². The lowest BCUT2D eigenvalue weighted by Gasteiger charge is -2.08. The van der Waals surface area contributed by atoms with Crippen LogP contribution in [0.3, 0.4) is 0 Å². The minimum atomic E-state index is -0.297. The predicted molar refractivity (Wildman–Crippen MR) is 105 cm³/mol. The van der Waals surface area contributed by atoms with Crippen LogP contribution >= 0.6 is 27.7 Å². The first kappa shape index (κ1) is 18.6. The van der Waals surface area contributed by atoms with E-state index in [-0.39, 0.29) is 17.5 Å². The van der Waals surface area contributed by atoms with Crippen LogP contribution in [0.25, 0.3) is 11.4 Å². The van der Waals surface area contributed by atoms with Crippen molar-refractivity contribution in [2.75, 3.05) is 11.1 Å². The average molecular weight is 435 g/mol. The van der Waals surface area contributed by atoms with Gasteiger partial charge >= 0.3 is 0 Å². The molecule has 0 atom stereocenters. The largest absolute Gasteiger partial charge is 0.324 e. The molecule has 0 saturated carbocycles. The number of carbonyl (C=O) groups is 1. The van der Waals surface area contributed by atoms with Crippen LogP contribution in [-0.4, -0.2) is 26.4 Å². The fraction of sp³-hybridized carbons (Fsp3) is 0.167. The van der Waals surface area contributed by atoms with E-state index in [0.717, 1.165) is 15.7 Å². The summed E-state index contributed by atoms with van der Waals surface area (Å²) in [4.78, 5) is 12.2. The van der Waals surface area contributed by atoms with Crippen LogP contribution in [0.1, 0.15) is 6.92 Å². The molecule has 0 unspecified atom stereocenters. The summed E-state index contributed by atoms with van der Waals surface area (Å²) in [6, 6.07) is 13.5. The highest BCUT2D eigenvalue weighted by Crippen LogP contribution is 2.25. The van der Waals surface area contributed by atoms with Gasteiger partial charge in [0, 0.05) is 16.6 Å². The van der Waals surface area contributed by atoms with Crippen LogP contribution in [0.4, 0.5) is 10.1 Å². The van der Waals surface area contributed by atoms with Crippen LogP contribution in [0.5, 0.6) is 0 Å². The third kappa shape index (κ3) is 4.31. The van der Waals surface area contributed by atoms with Gasteiger partial charge in [-0.15, -0.1) is 10.2 Å². The van der Waals surface area contributed by atoms with Crippen LogP contribution in [0.15, 0.2) is 58.2 Å². The first-order valence-corrected chi connectivity index (χ1v) is 9.72. The molecular weight excluding hydrogens is 419 g/mol. The van der Waals surface area contributed by atoms with Crippen LogP contribution in [0.2, 0.25) is 0 Å². The zero-order valence-corrected chi connectivity index (χ0v) is 16.3. The Hall–Kier alpha value is -2.19. The molecular formula is C18H16BrFN4OS. The van der Waals surface area contributed by atoms with Crippen molar-refractivity contribution in [1.82, 2.24) is 14.8 Å². The van der Waals surface area contributed by atoms with Gasteiger partial charge in [0.05, 0.1) is 11.4 Å². The second-order valence-corrected chi connectivity index (χ2v) is 7.17. The minimum Gasteiger partial charge on any atom is -0.324 e. The van der Waals surface area contributed by atoms with Crippen LogP contribution < -0.4 is 5.32 Å². The standard InChI is InChI=1S/C18H16BrFN4OS/c1-2-24-17(12-7-9-13(20)10-8-12)22-23-18(24)26-11-16(25)21-15-6-4-3-5-14(15)19/h3-10H,2,11H2,1H3,(H,21,25). The summed E-state index contributed by atoms with van der Waals surface area (Å²) in [6.07, 6.45) is 0. The molecule has 1 heterocycles. The van der Waals surface area contributed by atoms with E-state index >= 15 is 0 Å². The molecule has 1 aromatic heterocycles. The summed E-state index contributed by atoms with van der Waals surface area (Å²) in [7, 11) is 0. The lowest BCUT2D eigenvalue weighted by Crippen LogP contribution is -2.15. The Bertz CT molecular complexity index is 914. The molecule has 5 nitrogen and oxygen atoms in total. The number of aromatic nitrogens is 3. The van der Waals surface area contributed by atoms with Crippen molar-refractivity contribution in [1.29, 1.82) is 0 Å². The molecule has 0 aliphatic heterocycles. The van der Waals surface area contributed by atoms with E-state index < -0.39 is 0 Å². The summed E-state index contributed by atoms with van der Waals surface area (Å²) in [5, 5.41) is 11.9. The summed E-state index contributed by atoms with van der Waals surface area (Å²) in [5.41, 5.74) is 1.51. The zero-order valence-electron chi connectivity index (χ0n) is 13.9. The molecule has 3 aromatic rings. The lowest BCUT2D eigenvalue weighted by atomic mass is 10.2. The second-order valence-electron chi connectivity index (χ2n) is 5.37. The molecule has 0 aliphatic carbocycles. The normalized spacial score (nSPS) is 10.7. The summed E-state index contributed by atoms with van der Waals surface area (Å²) in [6.45, 7) is 2.62. The Labute approximate surface area is 163 Å². The topological polar surface area (TPSA) is 59.8 Å². The maximum atomic E-state index is 13.1. The highest BCUT2D eigenvalue weighted by Gasteiger charge is 2.15. The fourth-order valence-corrected chi connectivity index (χ4v) is 3.56. The monoisotopic (exact) mass is 434 g/mol. The summed E-state index contributed by atoms with van der Waals surface area (Å²) >= 11 is 4.71. The summed E-state index contributed by atoms with van der Waals surface area (Å²) in [5.74, 6) is 0.440. The molecule has 0 radical (unpaired) electrons. The van der Waals surface area contributed by atoms with Crippen molar-refractivity contribution in [3.63, 3.8) is 0 Å². The first-order chi connectivity index (χ1) is 12.6. The van der Waals surface area contributed by atoms with Gasteiger partial charge in [-0.25, -0.2) is 4.39 Å². The van der Waals surface area contributed by atoms with Gasteiger partial charge < -0.3 is 9.88 Å². The second kappa shape index (κ2) is 8.46. The molecule has 8 heteroatoms. The Morgan fingerprint density at radius 3 is 2.62 bits per heavy atom. The third-order valence-corrected chi connectivity index (χ3v) is 5.27. The number of hydrogen-bond donors (Lipinski definition) is 1. The smallest absolute Gasteiger partial charge is 0.234 e. The molecule has 26 heavy (non-hydrogen) atoms. The van der Waals surface area contributed by atoms with Crippen molar-refractivity contribution in [3.8, 4) is 11.4 Å². The molecule has 1 N–H and O–H groups in total. The molecule has 0 fully saturated rings. The number of halogens is 2. The average Bonchev–Trinajstić information content (AvgIpc) is 3.05. The number of para-hydroxylation sites is 1. The van der Waals surface area contributed by atoms with E-state index in [4.69, 9.17) is 0 Å². The Balaban J connectivity index is 1.69. The number of carbonyl (C=O) groups excluding carboxylic acids is 1. The van der Waals surface area contributed by atoms with E-state index in [9.17, 15) is 9.18 Å². The molecule has 0 spiro atoms. The zero-order chi connectivity index (χ0) is 18.5. The molecule has 134 valence electrons. The number of thioether (sulfide) groups is 1. The summed E-state index contributed by atoms with van der Waals surface area (Å²) < 4.78 is 15.8. The lowest BCUT2D eigenvalue weighted by molar-refractivity contribution is -0.113. The predicted octanol–water partition coefficient (Wildman–Crippen LogP) is 4.60. The van der Waals surface area contributed by atoms with E-state index in [0.29, 0.717) is 17.5 Å². The minimum absolute atomic E-state index is 0.129. The number of benzene rings is 2. The number of rotatable bonds is 6. The third-order valence-electron chi connectivity index (χ3n) is 3.62. The number of nitrogens with zero attached hydrogens (tertiary/aromatic N) is 3. The Morgan fingerprint density at radius 2 is 1.92 bits per heavy atom. The van der Waals surface area contributed by atoms with Crippen molar-refractivity contribution in [2.45, 2.75) is 18.6 Å². The van der Waals surface area contributed by atoms with Gasteiger partial charge in [0.2, 0.25) is 5.91 Å². The molecule has 3 rings (SSSR count). The van der Waals surface area contributed by atoms with Gasteiger partial charge in [-0.2, -0.15) is 0 Å². The maximum absolute atomic E-state index is 13.1. The van der Waals surface area contributed by atoms with Crippen molar-refractivity contribution < 1.29 is 9.18 Å². The SMILES string of the molecule is CCn1c(SCC(=O)Nc2ccccc2Br)nnc1-c1ccc(F)cc1. The number of anilines is 1. The number of amides is 1. The van der Waals surface area contributed by atoms with E-state index in [1.54, 1.807) is 12.1 Å². The van der Waals surface area contributed by atoms with Gasteiger partial charge in [-0.3, -0.25) is 4.79 Å². The van der Waals surface area contributed by atoms with Gasteiger partial charge in [-0.1, -0.05) is 23.9 Å². The molecule has 0 aliphatic rings. The van der Waals surface area contributed by atoms with Crippen molar-refractivity contribution >= 4 is 39.3 Å². The van der Waals surface area contributed by atoms with E-state index in [1.807, 2.05) is 35.8 Å². The van der Waals surface area contributed by atoms with Crippen LogP contribution in [0, 0.1) is 5.82 Å². The molecule has 0 bridgehead atoms. The highest BCUT2D eigenvalue weighted by molar-refractivity contribution is 9.10. The Kier molecular flexibility index (Phi) is 6.05. The van der Waals surface area contributed by atoms with Crippen molar-refractivity contribution in [2.24, 2.45) is 0 Å². The molecule has 1 amide bonds. The van der Waals surface area contributed by atoms with E-state index in [1.165, 1.54) is 23.9 Å². The fourth-order valence-electron chi connectivity index (χ4n) is 2.37. The maximum Gasteiger partial charge on any atom is 0.234 e. The van der Waals surface area contributed by atoms with Gasteiger partial charge in [-0.05, 0) is 59.3 Å². The number of hydrogen-bond acceptors (Lipinski definition) is 4. The van der Waals surface area contributed by atoms with Gasteiger partial charge in [0.15, 0.2) is 11.0 Å². The molecule has 2 aromatic carbocycles. The molecule has 0 saturated heterocycles. The quantitative estimate of drug-likeness (QED) is 0.575. The van der Waals surface area contributed by atoms with Gasteiger partial charge in [0.25, 0.3) is 0 Å². The number of nitrogens with one attached hydrogen (secondary N) is 1.